The van der Waals surface area contributed by atoms with Crippen LogP contribution in [0.1, 0.15) is 203 Å². The number of unbranched alkanes of at least 4 members (excludes halogenated alkanes) is 11. The van der Waals surface area contributed by atoms with Gasteiger partial charge in [-0.1, -0.05) is 124 Å². The highest BCUT2D eigenvalue weighted by atomic mass is 16.5. The van der Waals surface area contributed by atoms with E-state index in [4.69, 9.17) is 4.74 Å². The summed E-state index contributed by atoms with van der Waals surface area (Å²) in [5.41, 5.74) is 2.06. The van der Waals surface area contributed by atoms with E-state index < -0.39 is 6.10 Å². The summed E-state index contributed by atoms with van der Waals surface area (Å²) in [6.45, 7) is 24.2. The van der Waals surface area contributed by atoms with Gasteiger partial charge in [-0.25, -0.2) is 0 Å². The molecule has 5 saturated carbocycles. The van der Waals surface area contributed by atoms with Crippen LogP contribution in [0.5, 0.6) is 0 Å². The molecule has 5 rings (SSSR count). The van der Waals surface area contributed by atoms with Crippen LogP contribution in [-0.4, -0.2) is 23.3 Å². The van der Waals surface area contributed by atoms with E-state index in [9.17, 15) is 9.90 Å². The molecule has 11 atom stereocenters. The molecule has 0 aromatic carbocycles. The highest BCUT2D eigenvalue weighted by Gasteiger charge is 2.72. The van der Waals surface area contributed by atoms with Crippen molar-refractivity contribution in [3.63, 3.8) is 0 Å². The Kier molecular flexibility index (Phi) is 13.5. The molecule has 0 saturated heterocycles. The number of rotatable bonds is 17. The van der Waals surface area contributed by atoms with E-state index in [1.807, 2.05) is 0 Å². The number of aliphatic hydroxyl groups is 1. The average molecular weight is 707 g/mol. The van der Waals surface area contributed by atoms with Gasteiger partial charge in [0, 0.05) is 18.3 Å². The lowest BCUT2D eigenvalue weighted by atomic mass is 9.32. The zero-order valence-corrected chi connectivity index (χ0v) is 34.9. The maximum absolute atomic E-state index is 13.6. The smallest absolute Gasteiger partial charge is 0.306 e. The first kappa shape index (κ1) is 41.1. The van der Waals surface area contributed by atoms with Gasteiger partial charge in [0.15, 0.2) is 0 Å². The fourth-order valence-corrected chi connectivity index (χ4v) is 14.1. The van der Waals surface area contributed by atoms with Gasteiger partial charge in [0.1, 0.15) is 6.10 Å². The summed E-state index contributed by atoms with van der Waals surface area (Å²) in [7, 11) is 0. The van der Waals surface area contributed by atoms with Crippen molar-refractivity contribution < 1.29 is 14.6 Å². The molecule has 5 aliphatic rings. The third-order valence-corrected chi connectivity index (χ3v) is 17.5. The Labute approximate surface area is 316 Å². The molecule has 0 heterocycles. The van der Waals surface area contributed by atoms with Gasteiger partial charge in [-0.2, -0.15) is 0 Å². The van der Waals surface area contributed by atoms with Gasteiger partial charge < -0.3 is 9.84 Å². The van der Waals surface area contributed by atoms with Crippen LogP contribution in [-0.2, 0) is 9.53 Å². The minimum Gasteiger partial charge on any atom is -0.462 e. The Morgan fingerprint density at radius 3 is 2.02 bits per heavy atom. The van der Waals surface area contributed by atoms with Gasteiger partial charge in [0.2, 0.25) is 0 Å². The first-order valence-electron chi connectivity index (χ1n) is 22.3. The maximum Gasteiger partial charge on any atom is 0.306 e. The quantitative estimate of drug-likeness (QED) is 0.0930. The maximum atomic E-state index is 13.6. The molecule has 51 heavy (non-hydrogen) atoms. The summed E-state index contributed by atoms with van der Waals surface area (Å²) in [4.78, 5) is 13.6. The first-order chi connectivity index (χ1) is 24.2. The number of esters is 1. The molecular formula is C48H82O3. The van der Waals surface area contributed by atoms with Crippen molar-refractivity contribution in [2.24, 2.45) is 56.7 Å². The third-order valence-electron chi connectivity index (χ3n) is 17.5. The fourth-order valence-electron chi connectivity index (χ4n) is 14.1. The Hall–Kier alpha value is -1.09. The summed E-state index contributed by atoms with van der Waals surface area (Å²) in [5, 5.41) is 11.6. The van der Waals surface area contributed by atoms with E-state index in [1.54, 1.807) is 0 Å². The average Bonchev–Trinajstić information content (AvgIpc) is 3.43. The Morgan fingerprint density at radius 2 is 1.37 bits per heavy atom. The molecule has 5 fully saturated rings. The van der Waals surface area contributed by atoms with Crippen LogP contribution in [0.3, 0.4) is 0 Å². The molecule has 1 N–H and O–H groups in total. The molecule has 0 aliphatic heterocycles. The number of aliphatic hydroxyl groups excluding tert-OH is 1. The summed E-state index contributed by atoms with van der Waals surface area (Å²) in [5.74, 6) is 2.99. The molecule has 0 aromatic rings. The SMILES string of the molecule is C=C(C)[C@@H]1CC[C@]2(C)CC[C@]3(C)[C@H](CC[C@H]4[C@@]5(C)C(OC(=O)CCCCCCC/C=C\CCCCCCCC)C[C@H](O)C(C)(C)[C@H]5CC[C@]43C)[C@@H]12. The molecular weight excluding hydrogens is 625 g/mol. The van der Waals surface area contributed by atoms with Crippen LogP contribution in [0, 0.1) is 56.7 Å². The van der Waals surface area contributed by atoms with Crippen molar-refractivity contribution >= 4 is 5.97 Å². The second-order valence-electron chi connectivity index (χ2n) is 20.6. The number of allylic oxidation sites excluding steroid dienone is 3. The Morgan fingerprint density at radius 1 is 0.745 bits per heavy atom. The second-order valence-corrected chi connectivity index (χ2v) is 20.6. The minimum absolute atomic E-state index is 0.0274. The Balaban J connectivity index is 1.17. The summed E-state index contributed by atoms with van der Waals surface area (Å²) in [6.07, 6.45) is 31.8. The number of ether oxygens (including phenoxy) is 1. The summed E-state index contributed by atoms with van der Waals surface area (Å²) in [6, 6.07) is 0. The van der Waals surface area contributed by atoms with Crippen molar-refractivity contribution in [1.29, 1.82) is 0 Å². The molecule has 292 valence electrons. The molecule has 1 unspecified atom stereocenters. The van der Waals surface area contributed by atoms with Crippen molar-refractivity contribution in [3.8, 4) is 0 Å². The van der Waals surface area contributed by atoms with Crippen molar-refractivity contribution in [2.75, 3.05) is 0 Å². The van der Waals surface area contributed by atoms with Gasteiger partial charge in [-0.05, 0) is 142 Å². The van der Waals surface area contributed by atoms with Gasteiger partial charge in [0.05, 0.1) is 6.10 Å². The van der Waals surface area contributed by atoms with Crippen molar-refractivity contribution in [1.82, 2.24) is 0 Å². The van der Waals surface area contributed by atoms with E-state index >= 15 is 0 Å². The van der Waals surface area contributed by atoms with E-state index in [2.05, 4.69) is 74.1 Å². The number of carbonyl (C=O) groups is 1. The predicted octanol–water partition coefficient (Wildman–Crippen LogP) is 13.6. The predicted molar refractivity (Wildman–Crippen MR) is 215 cm³/mol. The molecule has 0 amide bonds. The highest BCUT2D eigenvalue weighted by Crippen LogP contribution is 2.77. The third kappa shape index (κ3) is 7.87. The largest absolute Gasteiger partial charge is 0.462 e. The monoisotopic (exact) mass is 707 g/mol. The molecule has 0 aromatic heterocycles. The lowest BCUT2D eigenvalue weighted by Crippen LogP contribution is -2.70. The lowest BCUT2D eigenvalue weighted by molar-refractivity contribution is -0.277. The van der Waals surface area contributed by atoms with E-state index in [0.29, 0.717) is 36.0 Å². The molecule has 0 bridgehead atoms. The van der Waals surface area contributed by atoms with Gasteiger partial charge in [-0.15, -0.1) is 0 Å². The van der Waals surface area contributed by atoms with E-state index in [0.717, 1.165) is 31.1 Å². The van der Waals surface area contributed by atoms with Crippen LogP contribution in [0.25, 0.3) is 0 Å². The van der Waals surface area contributed by atoms with E-state index in [-0.39, 0.29) is 33.7 Å². The van der Waals surface area contributed by atoms with Gasteiger partial charge >= 0.3 is 5.97 Å². The van der Waals surface area contributed by atoms with Crippen LogP contribution in [0.4, 0.5) is 0 Å². The zero-order chi connectivity index (χ0) is 37.1. The van der Waals surface area contributed by atoms with Crippen LogP contribution in [0.15, 0.2) is 24.3 Å². The first-order valence-corrected chi connectivity index (χ1v) is 22.3. The number of hydrogen-bond acceptors (Lipinski definition) is 3. The lowest BCUT2D eigenvalue weighted by Gasteiger charge is -2.73. The molecule has 3 nitrogen and oxygen atoms in total. The van der Waals surface area contributed by atoms with Crippen molar-refractivity contribution in [3.05, 3.63) is 24.3 Å². The van der Waals surface area contributed by atoms with Gasteiger partial charge in [0.25, 0.3) is 0 Å². The van der Waals surface area contributed by atoms with E-state index in [1.165, 1.54) is 121 Å². The number of fused-ring (bicyclic) bond motifs is 7. The minimum atomic E-state index is -0.435. The van der Waals surface area contributed by atoms with Crippen LogP contribution < -0.4 is 0 Å². The Bertz CT molecular complexity index is 1200. The zero-order valence-electron chi connectivity index (χ0n) is 34.9. The molecule has 0 spiro atoms. The topological polar surface area (TPSA) is 46.5 Å². The normalized spacial score (nSPS) is 41.4. The van der Waals surface area contributed by atoms with Crippen LogP contribution in [0.2, 0.25) is 0 Å². The van der Waals surface area contributed by atoms with Crippen molar-refractivity contribution in [2.45, 2.75) is 215 Å². The van der Waals surface area contributed by atoms with Crippen LogP contribution >= 0.6 is 0 Å². The summed E-state index contributed by atoms with van der Waals surface area (Å²) < 4.78 is 6.62. The molecule has 5 aliphatic carbocycles. The number of hydrogen-bond donors (Lipinski definition) is 1. The molecule has 0 radical (unpaired) electrons. The number of carbonyl (C=O) groups excluding carboxylic acids is 1. The summed E-state index contributed by atoms with van der Waals surface area (Å²) >= 11 is 0. The van der Waals surface area contributed by atoms with Gasteiger partial charge in [-0.3, -0.25) is 4.79 Å². The second kappa shape index (κ2) is 16.7. The standard InChI is InChI=1S/C48H82O3/c1-10-11-12-13-14-15-16-17-18-19-20-21-22-23-24-25-42(50)51-41-34-40(49)44(4,5)38-29-31-47(8)39(48(38,41)9)27-26-37-43-36(35(2)3)28-30-45(43,6)32-33-46(37,47)7/h17-18,36-41,43,49H,2,10-16,19-34H2,1,3-9H3/b18-17-/t36-,37+,38+,39+,40-,41?,43+,45+,46+,47+,48-/m0/s1. The molecule has 3 heteroatoms. The highest BCUT2D eigenvalue weighted by molar-refractivity contribution is 5.69. The fraction of sp³-hybridized carbons (Fsp3) is 0.896.